The van der Waals surface area contributed by atoms with E-state index in [-0.39, 0.29) is 12.3 Å². The molecule has 3 N–H and O–H groups in total. The van der Waals surface area contributed by atoms with Crippen LogP contribution in [0.1, 0.15) is 12.8 Å². The van der Waals surface area contributed by atoms with Gasteiger partial charge in [-0.2, -0.15) is 0 Å². The molecular formula is C11H20N2O5. The third-order valence-corrected chi connectivity index (χ3v) is 2.19. The third kappa shape index (κ3) is 7.00. The Morgan fingerprint density at radius 1 is 1.44 bits per heavy atom. The van der Waals surface area contributed by atoms with Crippen molar-refractivity contribution in [2.75, 3.05) is 21.2 Å². The third-order valence-electron chi connectivity index (χ3n) is 2.19. The number of hydrogen-bond donors (Lipinski definition) is 3. The van der Waals surface area contributed by atoms with Crippen molar-refractivity contribution in [1.82, 2.24) is 10.2 Å². The first-order valence-electron chi connectivity index (χ1n) is 5.46. The van der Waals surface area contributed by atoms with Gasteiger partial charge in [-0.15, -0.1) is 0 Å². The average molecular weight is 260 g/mol. The van der Waals surface area contributed by atoms with E-state index in [0.717, 1.165) is 0 Å². The number of aliphatic carboxylic acids is 1. The van der Waals surface area contributed by atoms with Crippen LogP contribution in [-0.4, -0.2) is 60.7 Å². The SMILES string of the molecule is COC(O)N[C@@H](CC/C=C/C(=O)N(C)C)C(=O)O. The van der Waals surface area contributed by atoms with Crippen molar-refractivity contribution < 1.29 is 24.5 Å². The lowest BCUT2D eigenvalue weighted by Crippen LogP contribution is -2.44. The molecule has 0 aliphatic heterocycles. The Kier molecular flexibility index (Phi) is 7.93. The Morgan fingerprint density at radius 2 is 2.06 bits per heavy atom. The second-order valence-electron chi connectivity index (χ2n) is 3.86. The van der Waals surface area contributed by atoms with E-state index in [4.69, 9.17) is 10.2 Å². The van der Waals surface area contributed by atoms with Gasteiger partial charge in [0.15, 0.2) is 0 Å². The van der Waals surface area contributed by atoms with Gasteiger partial charge in [0.05, 0.1) is 0 Å². The van der Waals surface area contributed by atoms with Crippen LogP contribution in [-0.2, 0) is 14.3 Å². The van der Waals surface area contributed by atoms with Gasteiger partial charge in [-0.3, -0.25) is 14.9 Å². The first-order valence-corrected chi connectivity index (χ1v) is 5.46. The maximum Gasteiger partial charge on any atom is 0.320 e. The lowest BCUT2D eigenvalue weighted by atomic mass is 10.1. The molecule has 0 aliphatic carbocycles. The molecule has 7 heteroatoms. The van der Waals surface area contributed by atoms with Gasteiger partial charge in [-0.25, -0.2) is 0 Å². The summed E-state index contributed by atoms with van der Waals surface area (Å²) in [5, 5.41) is 20.4. The quantitative estimate of drug-likeness (QED) is 0.397. The number of nitrogens with one attached hydrogen (secondary N) is 1. The summed E-state index contributed by atoms with van der Waals surface area (Å²) in [5.74, 6) is -1.25. The van der Waals surface area contributed by atoms with Crippen LogP contribution in [0.3, 0.4) is 0 Å². The summed E-state index contributed by atoms with van der Waals surface area (Å²) in [6, 6.07) is -0.931. The average Bonchev–Trinajstić information content (AvgIpc) is 2.31. The lowest BCUT2D eigenvalue weighted by Gasteiger charge is -2.17. The topological polar surface area (TPSA) is 99.1 Å². The number of methoxy groups -OCH3 is 1. The molecule has 2 atom stereocenters. The molecule has 0 saturated carbocycles. The van der Waals surface area contributed by atoms with Gasteiger partial charge >= 0.3 is 5.97 Å². The van der Waals surface area contributed by atoms with Gasteiger partial charge < -0.3 is 19.8 Å². The van der Waals surface area contributed by atoms with Crippen LogP contribution >= 0.6 is 0 Å². The Labute approximate surface area is 106 Å². The van der Waals surface area contributed by atoms with Crippen molar-refractivity contribution in [2.24, 2.45) is 0 Å². The molecule has 0 heterocycles. The minimum Gasteiger partial charge on any atom is -0.480 e. The zero-order chi connectivity index (χ0) is 14.1. The monoisotopic (exact) mass is 260 g/mol. The Bertz CT molecular complexity index is 304. The number of allylic oxidation sites excluding steroid dienone is 1. The van der Waals surface area contributed by atoms with Crippen molar-refractivity contribution in [3.8, 4) is 0 Å². The first kappa shape index (κ1) is 16.6. The van der Waals surface area contributed by atoms with Crippen LogP contribution in [0.5, 0.6) is 0 Å². The number of hydrogen-bond acceptors (Lipinski definition) is 5. The van der Waals surface area contributed by atoms with Gasteiger partial charge in [0, 0.05) is 21.2 Å². The second kappa shape index (κ2) is 8.62. The number of aliphatic hydroxyl groups is 1. The van der Waals surface area contributed by atoms with Crippen LogP contribution < -0.4 is 5.32 Å². The summed E-state index contributed by atoms with van der Waals surface area (Å²) in [4.78, 5) is 23.5. The molecule has 0 rings (SSSR count). The van der Waals surface area contributed by atoms with Crippen molar-refractivity contribution in [2.45, 2.75) is 25.3 Å². The molecule has 104 valence electrons. The summed E-state index contributed by atoms with van der Waals surface area (Å²) in [6.45, 7) is 0. The predicted octanol–water partition coefficient (Wildman–Crippen LogP) is -0.624. The zero-order valence-electron chi connectivity index (χ0n) is 10.8. The molecule has 0 aromatic carbocycles. The number of carboxylic acids is 1. The fraction of sp³-hybridized carbons (Fsp3) is 0.636. The van der Waals surface area contributed by atoms with Gasteiger partial charge in [-0.05, 0) is 18.9 Å². The van der Waals surface area contributed by atoms with E-state index in [9.17, 15) is 9.59 Å². The van der Waals surface area contributed by atoms with E-state index >= 15 is 0 Å². The smallest absolute Gasteiger partial charge is 0.320 e. The number of carboxylic acid groups (broad SMARTS) is 1. The molecule has 0 saturated heterocycles. The molecule has 0 radical (unpaired) electrons. The minimum atomic E-state index is -1.32. The number of nitrogens with zero attached hydrogens (tertiary/aromatic N) is 1. The molecule has 0 bridgehead atoms. The first-order chi connectivity index (χ1) is 8.38. The molecule has 0 spiro atoms. The highest BCUT2D eigenvalue weighted by atomic mass is 16.6. The predicted molar refractivity (Wildman–Crippen MR) is 64.6 cm³/mol. The van der Waals surface area contributed by atoms with Crippen LogP contribution in [0.4, 0.5) is 0 Å². The summed E-state index contributed by atoms with van der Waals surface area (Å²) in [5.41, 5.74) is 0. The summed E-state index contributed by atoms with van der Waals surface area (Å²) in [7, 11) is 4.51. The minimum absolute atomic E-state index is 0.160. The van der Waals surface area contributed by atoms with E-state index in [0.29, 0.717) is 6.42 Å². The van der Waals surface area contributed by atoms with E-state index < -0.39 is 18.4 Å². The van der Waals surface area contributed by atoms with E-state index in [2.05, 4.69) is 10.1 Å². The summed E-state index contributed by atoms with van der Waals surface area (Å²) < 4.78 is 4.51. The molecule has 0 aliphatic rings. The van der Waals surface area contributed by atoms with Crippen LogP contribution in [0.15, 0.2) is 12.2 Å². The van der Waals surface area contributed by atoms with E-state index in [1.54, 1.807) is 20.2 Å². The maximum atomic E-state index is 11.2. The van der Waals surface area contributed by atoms with Gasteiger partial charge in [0.1, 0.15) is 6.04 Å². The summed E-state index contributed by atoms with van der Waals surface area (Å²) >= 11 is 0. The largest absolute Gasteiger partial charge is 0.480 e. The van der Waals surface area contributed by atoms with E-state index in [1.165, 1.54) is 18.1 Å². The van der Waals surface area contributed by atoms with Gasteiger partial charge in [-0.1, -0.05) is 6.08 Å². The van der Waals surface area contributed by atoms with Crippen molar-refractivity contribution in [3.63, 3.8) is 0 Å². The van der Waals surface area contributed by atoms with Gasteiger partial charge in [0.25, 0.3) is 0 Å². The summed E-state index contributed by atoms with van der Waals surface area (Å²) in [6.07, 6.45) is 2.30. The zero-order valence-corrected chi connectivity index (χ0v) is 10.8. The van der Waals surface area contributed by atoms with Crippen molar-refractivity contribution >= 4 is 11.9 Å². The number of likely N-dealkylation sites (N-methyl/N-ethyl adjacent to an activating group) is 1. The Balaban J connectivity index is 4.13. The highest BCUT2D eigenvalue weighted by Crippen LogP contribution is 2.01. The Morgan fingerprint density at radius 3 is 2.50 bits per heavy atom. The fourth-order valence-corrected chi connectivity index (χ4v) is 1.11. The molecule has 1 amide bonds. The normalized spacial score (nSPS) is 14.4. The number of amides is 1. The lowest BCUT2D eigenvalue weighted by molar-refractivity contribution is -0.147. The fourth-order valence-electron chi connectivity index (χ4n) is 1.11. The highest BCUT2D eigenvalue weighted by molar-refractivity contribution is 5.87. The highest BCUT2D eigenvalue weighted by Gasteiger charge is 2.19. The number of aliphatic hydroxyl groups excluding tert-OH is 1. The molecule has 0 aromatic rings. The standard InChI is InChI=1S/C11H20N2O5/c1-13(2)9(14)7-5-4-6-8(10(15)16)12-11(17)18-3/h5,7-8,11-12,17H,4,6H2,1-3H3,(H,15,16)/b7-5+/t8-,11?/m0/s1. The van der Waals surface area contributed by atoms with Crippen LogP contribution in [0.25, 0.3) is 0 Å². The Hall–Kier alpha value is -1.44. The number of ether oxygens (including phenoxy) is 1. The van der Waals surface area contributed by atoms with Crippen molar-refractivity contribution in [3.05, 3.63) is 12.2 Å². The molecule has 7 nitrogen and oxygen atoms in total. The number of rotatable bonds is 8. The molecule has 18 heavy (non-hydrogen) atoms. The van der Waals surface area contributed by atoms with Crippen molar-refractivity contribution in [1.29, 1.82) is 0 Å². The van der Waals surface area contributed by atoms with Crippen LogP contribution in [0, 0.1) is 0 Å². The van der Waals surface area contributed by atoms with Crippen LogP contribution in [0.2, 0.25) is 0 Å². The number of carbonyl (C=O) groups excluding carboxylic acids is 1. The molecule has 1 unspecified atom stereocenters. The molecule has 0 fully saturated rings. The second-order valence-corrected chi connectivity index (χ2v) is 3.86. The number of carbonyl (C=O) groups is 2. The van der Waals surface area contributed by atoms with E-state index in [1.807, 2.05) is 0 Å². The molecule has 0 aromatic heterocycles. The molecular weight excluding hydrogens is 240 g/mol. The van der Waals surface area contributed by atoms with Gasteiger partial charge in [0.2, 0.25) is 12.3 Å². The maximum absolute atomic E-state index is 11.2.